The van der Waals surface area contributed by atoms with Crippen LogP contribution in [0.25, 0.3) is 0 Å². The van der Waals surface area contributed by atoms with E-state index >= 15 is 0 Å². The highest BCUT2D eigenvalue weighted by Crippen LogP contribution is 2.18. The minimum atomic E-state index is -0.404. The predicted octanol–water partition coefficient (Wildman–Crippen LogP) is 0.495. The van der Waals surface area contributed by atoms with Gasteiger partial charge in [0.1, 0.15) is 19.0 Å². The summed E-state index contributed by atoms with van der Waals surface area (Å²) in [6, 6.07) is 0. The highest BCUT2D eigenvalue weighted by Gasteiger charge is 2.21. The van der Waals surface area contributed by atoms with Gasteiger partial charge in [0, 0.05) is 20.6 Å². The van der Waals surface area contributed by atoms with Gasteiger partial charge in [0.05, 0.1) is 18.8 Å². The summed E-state index contributed by atoms with van der Waals surface area (Å²) in [7, 11) is 3.17. The molecule has 0 aromatic rings. The van der Waals surface area contributed by atoms with Crippen LogP contribution in [0, 0.1) is 0 Å². The Bertz CT molecular complexity index is 236. The second-order valence-electron chi connectivity index (χ2n) is 3.14. The van der Waals surface area contributed by atoms with Gasteiger partial charge in [-0.1, -0.05) is 0 Å². The molecule has 0 aromatic heterocycles. The molecule has 0 N–H and O–H groups in total. The Balaban J connectivity index is 2.27. The lowest BCUT2D eigenvalue weighted by molar-refractivity contribution is -0.139. The fourth-order valence-electron chi connectivity index (χ4n) is 1.19. The first kappa shape index (κ1) is 12.0. The molecular weight excluding hydrogens is 200 g/mol. The number of carbonyl (C=O) groups is 1. The van der Waals surface area contributed by atoms with Gasteiger partial charge < -0.3 is 18.9 Å². The van der Waals surface area contributed by atoms with E-state index in [1.807, 2.05) is 0 Å². The predicted molar refractivity (Wildman–Crippen MR) is 52.3 cm³/mol. The molecule has 1 heterocycles. The lowest BCUT2D eigenvalue weighted by Crippen LogP contribution is -2.08. The molecule has 1 aliphatic heterocycles. The topological polar surface area (TPSA) is 54.0 Å². The molecule has 5 heteroatoms. The second kappa shape index (κ2) is 6.42. The van der Waals surface area contributed by atoms with Crippen LogP contribution in [0.15, 0.2) is 11.8 Å². The van der Waals surface area contributed by atoms with E-state index in [1.54, 1.807) is 14.2 Å². The van der Waals surface area contributed by atoms with Crippen LogP contribution in [0.4, 0.5) is 0 Å². The molecule has 1 fully saturated rings. The van der Waals surface area contributed by atoms with Crippen molar-refractivity contribution < 1.29 is 23.7 Å². The van der Waals surface area contributed by atoms with Crippen LogP contribution < -0.4 is 0 Å². The molecule has 1 atom stereocenters. The van der Waals surface area contributed by atoms with Crippen LogP contribution in [0.3, 0.4) is 0 Å². The molecule has 0 spiro atoms. The fraction of sp³-hybridized carbons (Fsp3) is 0.700. The van der Waals surface area contributed by atoms with Crippen LogP contribution in [-0.4, -0.2) is 46.1 Å². The number of methoxy groups -OCH3 is 2. The molecular formula is C10H16O5. The third-order valence-electron chi connectivity index (χ3n) is 2.03. The van der Waals surface area contributed by atoms with Gasteiger partial charge in [-0.3, -0.25) is 0 Å². The number of hydrogen-bond acceptors (Lipinski definition) is 5. The Kier molecular flexibility index (Phi) is 5.14. The molecule has 1 rings (SSSR count). The van der Waals surface area contributed by atoms with E-state index in [0.29, 0.717) is 25.4 Å². The van der Waals surface area contributed by atoms with Crippen molar-refractivity contribution in [3.05, 3.63) is 11.8 Å². The van der Waals surface area contributed by atoms with E-state index < -0.39 is 5.97 Å². The third kappa shape index (κ3) is 4.31. The molecule has 1 saturated heterocycles. The Morgan fingerprint density at radius 3 is 2.93 bits per heavy atom. The molecule has 0 aromatic carbocycles. The van der Waals surface area contributed by atoms with E-state index in [0.717, 1.165) is 0 Å². The molecule has 0 radical (unpaired) electrons. The van der Waals surface area contributed by atoms with E-state index in [1.165, 1.54) is 6.08 Å². The lowest BCUT2D eigenvalue weighted by Gasteiger charge is -2.01. The molecule has 86 valence electrons. The lowest BCUT2D eigenvalue weighted by atomic mass is 10.2. The molecule has 0 unspecified atom stereocenters. The summed E-state index contributed by atoms with van der Waals surface area (Å²) in [5.74, 6) is 0.211. The van der Waals surface area contributed by atoms with Crippen molar-refractivity contribution in [1.29, 1.82) is 0 Å². The summed E-state index contributed by atoms with van der Waals surface area (Å²) in [6.45, 7) is 1.15. The van der Waals surface area contributed by atoms with Crippen LogP contribution in [0.1, 0.15) is 6.42 Å². The molecule has 5 nitrogen and oxygen atoms in total. The van der Waals surface area contributed by atoms with Gasteiger partial charge in [0.15, 0.2) is 0 Å². The van der Waals surface area contributed by atoms with Gasteiger partial charge in [-0.15, -0.1) is 0 Å². The van der Waals surface area contributed by atoms with Crippen molar-refractivity contribution in [3.63, 3.8) is 0 Å². The van der Waals surface area contributed by atoms with E-state index in [9.17, 15) is 4.79 Å². The number of ether oxygens (including phenoxy) is 4. The van der Waals surface area contributed by atoms with Gasteiger partial charge in [0.25, 0.3) is 0 Å². The van der Waals surface area contributed by atoms with Crippen molar-refractivity contribution in [1.82, 2.24) is 0 Å². The highest BCUT2D eigenvalue weighted by molar-refractivity contribution is 5.82. The monoisotopic (exact) mass is 216 g/mol. The number of rotatable bonds is 5. The first-order valence-electron chi connectivity index (χ1n) is 4.78. The number of carbonyl (C=O) groups excluding carboxylic acids is 1. The molecule has 0 saturated carbocycles. The Morgan fingerprint density at radius 2 is 2.33 bits per heavy atom. The zero-order chi connectivity index (χ0) is 11.1. The average Bonchev–Trinajstić information content (AvgIpc) is 2.66. The maximum absolute atomic E-state index is 11.2. The van der Waals surface area contributed by atoms with Crippen molar-refractivity contribution in [3.8, 4) is 0 Å². The molecule has 0 amide bonds. The maximum Gasteiger partial charge on any atom is 0.334 e. The summed E-state index contributed by atoms with van der Waals surface area (Å²) >= 11 is 0. The normalized spacial score (nSPS) is 22.8. The standard InChI is InChI=1S/C10H16O5/c1-12-3-4-14-10(11)6-8-5-9(13-2)7-15-8/h6,9H,3-5,7H2,1-2H3/b8-6+/t9-/m0/s1. The number of esters is 1. The molecule has 0 aliphatic carbocycles. The maximum atomic E-state index is 11.2. The van der Waals surface area contributed by atoms with Gasteiger partial charge >= 0.3 is 5.97 Å². The summed E-state index contributed by atoms with van der Waals surface area (Å²) in [6.07, 6.45) is 2.02. The molecule has 0 bridgehead atoms. The van der Waals surface area contributed by atoms with Gasteiger partial charge in [-0.2, -0.15) is 0 Å². The quantitative estimate of drug-likeness (QED) is 0.380. The van der Waals surface area contributed by atoms with Gasteiger partial charge in [-0.25, -0.2) is 4.79 Å². The van der Waals surface area contributed by atoms with Crippen molar-refractivity contribution >= 4 is 5.97 Å². The minimum Gasteiger partial charge on any atom is -0.495 e. The van der Waals surface area contributed by atoms with Crippen LogP contribution in [-0.2, 0) is 23.7 Å². The fourth-order valence-corrected chi connectivity index (χ4v) is 1.19. The number of hydrogen-bond donors (Lipinski definition) is 0. The zero-order valence-electron chi connectivity index (χ0n) is 9.02. The summed E-state index contributed by atoms with van der Waals surface area (Å²) in [5, 5.41) is 0. The minimum absolute atomic E-state index is 0.0445. The first-order chi connectivity index (χ1) is 7.26. The third-order valence-corrected chi connectivity index (χ3v) is 2.03. The Morgan fingerprint density at radius 1 is 1.53 bits per heavy atom. The summed E-state index contributed by atoms with van der Waals surface area (Å²) in [4.78, 5) is 11.2. The summed E-state index contributed by atoms with van der Waals surface area (Å²) in [5.41, 5.74) is 0. The van der Waals surface area contributed by atoms with E-state index in [2.05, 4.69) is 0 Å². The van der Waals surface area contributed by atoms with Gasteiger partial charge in [0.2, 0.25) is 0 Å². The van der Waals surface area contributed by atoms with Crippen LogP contribution >= 0.6 is 0 Å². The molecule has 15 heavy (non-hydrogen) atoms. The Hall–Kier alpha value is -1.07. The van der Waals surface area contributed by atoms with Crippen LogP contribution in [0.5, 0.6) is 0 Å². The van der Waals surface area contributed by atoms with E-state index in [-0.39, 0.29) is 12.7 Å². The Labute approximate surface area is 88.9 Å². The van der Waals surface area contributed by atoms with Gasteiger partial charge in [-0.05, 0) is 0 Å². The second-order valence-corrected chi connectivity index (χ2v) is 3.14. The molecule has 1 aliphatic rings. The largest absolute Gasteiger partial charge is 0.495 e. The highest BCUT2D eigenvalue weighted by atomic mass is 16.6. The van der Waals surface area contributed by atoms with E-state index in [4.69, 9.17) is 18.9 Å². The smallest absolute Gasteiger partial charge is 0.334 e. The van der Waals surface area contributed by atoms with Crippen molar-refractivity contribution in [2.24, 2.45) is 0 Å². The zero-order valence-corrected chi connectivity index (χ0v) is 9.02. The summed E-state index contributed by atoms with van der Waals surface area (Å²) < 4.78 is 19.9. The van der Waals surface area contributed by atoms with Crippen LogP contribution in [0.2, 0.25) is 0 Å². The van der Waals surface area contributed by atoms with Crippen molar-refractivity contribution in [2.45, 2.75) is 12.5 Å². The SMILES string of the molecule is COCCOC(=O)/C=C1\C[C@H](OC)CO1. The average molecular weight is 216 g/mol. The van der Waals surface area contributed by atoms with Crippen molar-refractivity contribution in [2.75, 3.05) is 34.0 Å². The first-order valence-corrected chi connectivity index (χ1v) is 4.78.